The quantitative estimate of drug-likeness (QED) is 0.827. The van der Waals surface area contributed by atoms with Crippen LogP contribution >= 0.6 is 0 Å². The van der Waals surface area contributed by atoms with Crippen LogP contribution in [-0.4, -0.2) is 24.0 Å². The monoisotopic (exact) mass is 261 g/mol. The van der Waals surface area contributed by atoms with Crippen LogP contribution in [-0.2, 0) is 6.54 Å². The molecule has 100 valence electrons. The molecule has 6 heteroatoms. The number of nitrogens with zero attached hydrogens (tertiary/aromatic N) is 2. The molecule has 2 N–H and O–H groups in total. The van der Waals surface area contributed by atoms with E-state index in [0.29, 0.717) is 23.9 Å². The maximum atomic E-state index is 11.7. The third-order valence-corrected chi connectivity index (χ3v) is 2.68. The number of hydrogen-bond donors (Lipinski definition) is 1. The van der Waals surface area contributed by atoms with Crippen molar-refractivity contribution in [2.24, 2.45) is 0 Å². The number of ether oxygens (including phenoxy) is 2. The molecule has 19 heavy (non-hydrogen) atoms. The first-order valence-corrected chi connectivity index (χ1v) is 5.68. The van der Waals surface area contributed by atoms with Crippen molar-refractivity contribution in [3.63, 3.8) is 0 Å². The Labute approximate surface area is 110 Å². The summed E-state index contributed by atoms with van der Waals surface area (Å²) in [6.07, 6.45) is 0. The maximum Gasteiger partial charge on any atom is 0.267 e. The van der Waals surface area contributed by atoms with Gasteiger partial charge in [0.05, 0.1) is 26.5 Å². The minimum atomic E-state index is -0.199. The molecule has 0 unspecified atom stereocenters. The Bertz CT molecular complexity index is 637. The summed E-state index contributed by atoms with van der Waals surface area (Å²) in [5.41, 5.74) is 7.01. The number of anilines is 1. The van der Waals surface area contributed by atoms with Crippen LogP contribution in [0.3, 0.4) is 0 Å². The average Bonchev–Trinajstić information content (AvgIpc) is 2.41. The lowest BCUT2D eigenvalue weighted by Crippen LogP contribution is -2.22. The predicted octanol–water partition coefficient (Wildman–Crippen LogP) is 0.891. The van der Waals surface area contributed by atoms with Gasteiger partial charge < -0.3 is 15.2 Å². The Morgan fingerprint density at radius 1 is 1.21 bits per heavy atom. The normalized spacial score (nSPS) is 10.2. The van der Waals surface area contributed by atoms with Crippen molar-refractivity contribution in [3.8, 4) is 11.6 Å². The summed E-state index contributed by atoms with van der Waals surface area (Å²) in [6.45, 7) is 0.324. The van der Waals surface area contributed by atoms with Crippen LogP contribution < -0.4 is 20.8 Å². The van der Waals surface area contributed by atoms with Crippen molar-refractivity contribution >= 4 is 5.69 Å². The van der Waals surface area contributed by atoms with Gasteiger partial charge in [0, 0.05) is 12.1 Å². The van der Waals surface area contributed by atoms with Crippen molar-refractivity contribution in [1.82, 2.24) is 9.78 Å². The van der Waals surface area contributed by atoms with Gasteiger partial charge in [0.25, 0.3) is 5.56 Å². The zero-order chi connectivity index (χ0) is 13.8. The van der Waals surface area contributed by atoms with Crippen molar-refractivity contribution in [1.29, 1.82) is 0 Å². The molecule has 0 spiro atoms. The SMILES string of the molecule is COc1ccc(=O)n(Cc2ccc(OC)c(N)c2)n1. The highest BCUT2D eigenvalue weighted by molar-refractivity contribution is 5.54. The van der Waals surface area contributed by atoms with Crippen LogP contribution in [0.5, 0.6) is 11.6 Å². The van der Waals surface area contributed by atoms with Gasteiger partial charge in [-0.05, 0) is 17.7 Å². The van der Waals surface area contributed by atoms with Crippen molar-refractivity contribution in [2.75, 3.05) is 20.0 Å². The lowest BCUT2D eigenvalue weighted by atomic mass is 10.2. The van der Waals surface area contributed by atoms with E-state index >= 15 is 0 Å². The number of benzene rings is 1. The Morgan fingerprint density at radius 2 is 2.00 bits per heavy atom. The molecule has 2 rings (SSSR count). The molecule has 1 heterocycles. The van der Waals surface area contributed by atoms with Crippen LogP contribution in [0, 0.1) is 0 Å². The number of rotatable bonds is 4. The van der Waals surface area contributed by atoms with Gasteiger partial charge in [0.1, 0.15) is 5.75 Å². The first-order chi connectivity index (χ1) is 9.13. The summed E-state index contributed by atoms with van der Waals surface area (Å²) in [5.74, 6) is 0.996. The molecule has 1 aromatic carbocycles. The van der Waals surface area contributed by atoms with Gasteiger partial charge in [-0.1, -0.05) is 6.07 Å². The standard InChI is InChI=1S/C13H15N3O3/c1-18-11-4-3-9(7-10(11)14)8-16-13(17)6-5-12(15-16)19-2/h3-7H,8,14H2,1-2H3. The average molecular weight is 261 g/mol. The van der Waals surface area contributed by atoms with Crippen molar-refractivity contribution < 1.29 is 9.47 Å². The number of nitrogen functional groups attached to an aromatic ring is 1. The molecule has 0 amide bonds. The molecule has 0 bridgehead atoms. The zero-order valence-electron chi connectivity index (χ0n) is 10.8. The second-order valence-electron chi connectivity index (χ2n) is 3.95. The van der Waals surface area contributed by atoms with Gasteiger partial charge in [-0.3, -0.25) is 4.79 Å². The summed E-state index contributed by atoms with van der Waals surface area (Å²) in [7, 11) is 3.06. The minimum absolute atomic E-state index is 0.199. The summed E-state index contributed by atoms with van der Waals surface area (Å²) in [5, 5.41) is 4.07. The molecule has 0 aliphatic heterocycles. The van der Waals surface area contributed by atoms with Gasteiger partial charge in [0.2, 0.25) is 5.88 Å². The van der Waals surface area contributed by atoms with E-state index in [9.17, 15) is 4.79 Å². The molecule has 0 aliphatic rings. The Hall–Kier alpha value is -2.50. The van der Waals surface area contributed by atoms with Crippen LogP contribution in [0.2, 0.25) is 0 Å². The van der Waals surface area contributed by atoms with E-state index in [1.165, 1.54) is 23.9 Å². The molecular weight excluding hydrogens is 246 g/mol. The molecular formula is C13H15N3O3. The summed E-state index contributed by atoms with van der Waals surface area (Å²) >= 11 is 0. The molecule has 6 nitrogen and oxygen atoms in total. The van der Waals surface area contributed by atoms with E-state index in [2.05, 4.69) is 5.10 Å². The highest BCUT2D eigenvalue weighted by atomic mass is 16.5. The maximum absolute atomic E-state index is 11.7. The lowest BCUT2D eigenvalue weighted by molar-refractivity contribution is 0.379. The van der Waals surface area contributed by atoms with Crippen LogP contribution in [0.25, 0.3) is 0 Å². The molecule has 1 aromatic heterocycles. The Kier molecular flexibility index (Phi) is 3.70. The van der Waals surface area contributed by atoms with Gasteiger partial charge in [-0.2, -0.15) is 0 Å². The molecule has 0 radical (unpaired) electrons. The van der Waals surface area contributed by atoms with Crippen LogP contribution in [0.4, 0.5) is 5.69 Å². The molecule has 0 saturated carbocycles. The molecule has 0 atom stereocenters. The van der Waals surface area contributed by atoms with E-state index < -0.39 is 0 Å². The first-order valence-electron chi connectivity index (χ1n) is 5.68. The first kappa shape index (κ1) is 12.9. The molecule has 0 fully saturated rings. The number of hydrogen-bond acceptors (Lipinski definition) is 5. The van der Waals surface area contributed by atoms with E-state index in [4.69, 9.17) is 15.2 Å². The smallest absolute Gasteiger partial charge is 0.267 e. The summed E-state index contributed by atoms with van der Waals surface area (Å²) in [4.78, 5) is 11.7. The third kappa shape index (κ3) is 2.85. The number of nitrogens with two attached hydrogens (primary N) is 1. The number of methoxy groups -OCH3 is 2. The van der Waals surface area contributed by atoms with E-state index in [1.54, 1.807) is 19.2 Å². The second kappa shape index (κ2) is 5.43. The van der Waals surface area contributed by atoms with E-state index in [-0.39, 0.29) is 5.56 Å². The minimum Gasteiger partial charge on any atom is -0.495 e. The predicted molar refractivity (Wildman–Crippen MR) is 71.6 cm³/mol. The second-order valence-corrected chi connectivity index (χ2v) is 3.95. The fraction of sp³-hybridized carbons (Fsp3) is 0.231. The van der Waals surface area contributed by atoms with E-state index in [0.717, 1.165) is 5.56 Å². The summed E-state index contributed by atoms with van der Waals surface area (Å²) in [6, 6.07) is 8.30. The third-order valence-electron chi connectivity index (χ3n) is 2.68. The zero-order valence-corrected chi connectivity index (χ0v) is 10.8. The van der Waals surface area contributed by atoms with Crippen LogP contribution in [0.1, 0.15) is 5.56 Å². The number of aromatic nitrogens is 2. The summed E-state index contributed by atoms with van der Waals surface area (Å²) < 4.78 is 11.4. The van der Waals surface area contributed by atoms with Crippen molar-refractivity contribution in [3.05, 3.63) is 46.2 Å². The van der Waals surface area contributed by atoms with Gasteiger partial charge in [-0.25, -0.2) is 4.68 Å². The Morgan fingerprint density at radius 3 is 2.63 bits per heavy atom. The van der Waals surface area contributed by atoms with Gasteiger partial charge >= 0.3 is 0 Å². The lowest BCUT2D eigenvalue weighted by Gasteiger charge is -2.09. The Balaban J connectivity index is 2.30. The highest BCUT2D eigenvalue weighted by Crippen LogP contribution is 2.22. The van der Waals surface area contributed by atoms with Crippen LogP contribution in [0.15, 0.2) is 35.1 Å². The van der Waals surface area contributed by atoms with Gasteiger partial charge in [0.15, 0.2) is 0 Å². The molecule has 2 aromatic rings. The topological polar surface area (TPSA) is 79.4 Å². The van der Waals surface area contributed by atoms with E-state index in [1.807, 2.05) is 6.07 Å². The van der Waals surface area contributed by atoms with Gasteiger partial charge in [-0.15, -0.1) is 5.10 Å². The highest BCUT2D eigenvalue weighted by Gasteiger charge is 2.04. The fourth-order valence-electron chi connectivity index (χ4n) is 1.71. The fourth-order valence-corrected chi connectivity index (χ4v) is 1.71. The van der Waals surface area contributed by atoms with Crippen molar-refractivity contribution in [2.45, 2.75) is 6.54 Å². The molecule has 0 saturated heterocycles. The largest absolute Gasteiger partial charge is 0.495 e. The molecule has 0 aliphatic carbocycles.